The van der Waals surface area contributed by atoms with Crippen LogP contribution in [0.1, 0.15) is 12.5 Å². The molecule has 2 rings (SSSR count). The Balaban J connectivity index is 2.10. The first-order valence-electron chi connectivity index (χ1n) is 7.94. The Morgan fingerprint density at radius 1 is 1.12 bits per heavy atom. The topological polar surface area (TPSA) is 58.6 Å². The highest BCUT2D eigenvalue weighted by molar-refractivity contribution is 5.87. The monoisotopic (exact) mass is 344 g/mol. The molecule has 1 N–H and O–H groups in total. The lowest BCUT2D eigenvalue weighted by Gasteiger charge is -2.28. The summed E-state index contributed by atoms with van der Waals surface area (Å²) in [6.07, 6.45) is 0. The quantitative estimate of drug-likeness (QED) is 0.839. The second-order valence-corrected chi connectivity index (χ2v) is 5.54. The van der Waals surface area contributed by atoms with Gasteiger partial charge in [0.1, 0.15) is 17.6 Å². The van der Waals surface area contributed by atoms with Gasteiger partial charge in [0, 0.05) is 13.6 Å². The maximum absolute atomic E-state index is 13.1. The lowest BCUT2D eigenvalue weighted by atomic mass is 10.1. The van der Waals surface area contributed by atoms with E-state index < -0.39 is 6.04 Å². The predicted molar refractivity (Wildman–Crippen MR) is 92.4 cm³/mol. The number of benzene rings is 2. The zero-order chi connectivity index (χ0) is 18.2. The number of amides is 2. The van der Waals surface area contributed by atoms with Crippen LogP contribution in [0.25, 0.3) is 0 Å². The van der Waals surface area contributed by atoms with Crippen LogP contribution in [0.4, 0.5) is 4.39 Å². The third kappa shape index (κ3) is 5.31. The molecular formula is C19H21FN2O3. The van der Waals surface area contributed by atoms with E-state index in [9.17, 15) is 14.0 Å². The van der Waals surface area contributed by atoms with Crippen molar-refractivity contribution < 1.29 is 18.7 Å². The van der Waals surface area contributed by atoms with Crippen LogP contribution in [0.5, 0.6) is 5.75 Å². The van der Waals surface area contributed by atoms with Crippen molar-refractivity contribution in [2.75, 3.05) is 13.7 Å². The molecule has 2 amide bonds. The molecule has 1 unspecified atom stereocenters. The van der Waals surface area contributed by atoms with Gasteiger partial charge in [-0.2, -0.15) is 0 Å². The maximum atomic E-state index is 13.1. The lowest BCUT2D eigenvalue weighted by molar-refractivity contribution is -0.142. The number of likely N-dealkylation sites (N-methyl/N-ethyl adjacent to an activating group) is 1. The number of para-hydroxylation sites is 1. The fourth-order valence-corrected chi connectivity index (χ4v) is 2.32. The van der Waals surface area contributed by atoms with E-state index in [4.69, 9.17) is 4.74 Å². The fourth-order valence-electron chi connectivity index (χ4n) is 2.32. The molecule has 0 aromatic heterocycles. The van der Waals surface area contributed by atoms with Crippen molar-refractivity contribution in [3.63, 3.8) is 0 Å². The first-order chi connectivity index (χ1) is 12.0. The van der Waals surface area contributed by atoms with E-state index in [1.165, 1.54) is 24.1 Å². The van der Waals surface area contributed by atoms with E-state index in [1.807, 2.05) is 18.2 Å². The Morgan fingerprint density at radius 2 is 1.76 bits per heavy atom. The van der Waals surface area contributed by atoms with Crippen LogP contribution in [-0.2, 0) is 16.1 Å². The Kier molecular flexibility index (Phi) is 6.51. The van der Waals surface area contributed by atoms with Gasteiger partial charge in [-0.15, -0.1) is 0 Å². The number of carbonyl (C=O) groups is 2. The number of ether oxygens (including phenoxy) is 1. The predicted octanol–water partition coefficient (Wildman–Crippen LogP) is 2.37. The molecule has 0 saturated heterocycles. The lowest BCUT2D eigenvalue weighted by Crippen LogP contribution is -2.48. The van der Waals surface area contributed by atoms with Gasteiger partial charge in [0.05, 0.1) is 0 Å². The number of hydrogen-bond acceptors (Lipinski definition) is 3. The van der Waals surface area contributed by atoms with E-state index in [-0.39, 0.29) is 30.8 Å². The molecule has 0 bridgehead atoms. The fraction of sp³-hybridized carbons (Fsp3) is 0.263. The standard InChI is InChI=1S/C19H21FN2O3/c1-14(19(24)21-2)22(12-15-8-10-16(20)11-9-15)18(23)13-25-17-6-4-3-5-7-17/h3-11,14H,12-13H2,1-2H3,(H,21,24). The molecule has 0 radical (unpaired) electrons. The number of halogens is 1. The third-order valence-electron chi connectivity index (χ3n) is 3.79. The van der Waals surface area contributed by atoms with E-state index in [2.05, 4.69) is 5.32 Å². The second-order valence-electron chi connectivity index (χ2n) is 5.54. The smallest absolute Gasteiger partial charge is 0.261 e. The highest BCUT2D eigenvalue weighted by Gasteiger charge is 2.25. The average Bonchev–Trinajstić information content (AvgIpc) is 2.65. The summed E-state index contributed by atoms with van der Waals surface area (Å²) in [6, 6.07) is 14.1. The Bertz CT molecular complexity index is 704. The van der Waals surface area contributed by atoms with Crippen molar-refractivity contribution in [1.29, 1.82) is 0 Å². The molecule has 0 aliphatic heterocycles. The van der Waals surface area contributed by atoms with Crippen molar-refractivity contribution in [3.8, 4) is 5.75 Å². The first kappa shape index (κ1) is 18.4. The summed E-state index contributed by atoms with van der Waals surface area (Å²) in [7, 11) is 1.51. The molecule has 0 saturated carbocycles. The molecule has 5 nitrogen and oxygen atoms in total. The minimum absolute atomic E-state index is 0.186. The van der Waals surface area contributed by atoms with Crippen LogP contribution in [0.3, 0.4) is 0 Å². The van der Waals surface area contributed by atoms with E-state index in [0.717, 1.165) is 5.56 Å². The molecule has 0 fully saturated rings. The highest BCUT2D eigenvalue weighted by atomic mass is 19.1. The molecule has 1 atom stereocenters. The van der Waals surface area contributed by atoms with Gasteiger partial charge in [-0.3, -0.25) is 9.59 Å². The highest BCUT2D eigenvalue weighted by Crippen LogP contribution is 2.13. The summed E-state index contributed by atoms with van der Waals surface area (Å²) in [5.41, 5.74) is 0.727. The Hall–Kier alpha value is -2.89. The van der Waals surface area contributed by atoms with Crippen LogP contribution in [-0.4, -0.2) is 36.4 Å². The number of nitrogens with zero attached hydrogens (tertiary/aromatic N) is 1. The first-order valence-corrected chi connectivity index (χ1v) is 7.94. The Labute approximate surface area is 146 Å². The maximum Gasteiger partial charge on any atom is 0.261 e. The summed E-state index contributed by atoms with van der Waals surface area (Å²) in [5, 5.41) is 2.54. The second kappa shape index (κ2) is 8.82. The molecule has 0 aliphatic carbocycles. The van der Waals surface area contributed by atoms with Crippen LogP contribution in [0.15, 0.2) is 54.6 Å². The molecule has 0 heterocycles. The van der Waals surface area contributed by atoms with Gasteiger partial charge in [0.25, 0.3) is 5.91 Å². The van der Waals surface area contributed by atoms with Gasteiger partial charge in [0.15, 0.2) is 6.61 Å². The van der Waals surface area contributed by atoms with Gasteiger partial charge in [-0.25, -0.2) is 4.39 Å². The molecule has 2 aromatic rings. The van der Waals surface area contributed by atoms with Crippen LogP contribution < -0.4 is 10.1 Å². The van der Waals surface area contributed by atoms with Crippen molar-refractivity contribution in [3.05, 3.63) is 66.0 Å². The van der Waals surface area contributed by atoms with Gasteiger partial charge >= 0.3 is 0 Å². The third-order valence-corrected chi connectivity index (χ3v) is 3.79. The van der Waals surface area contributed by atoms with Crippen LogP contribution >= 0.6 is 0 Å². The zero-order valence-corrected chi connectivity index (χ0v) is 14.2. The van der Waals surface area contributed by atoms with Crippen molar-refractivity contribution in [2.45, 2.75) is 19.5 Å². The number of carbonyl (C=O) groups excluding carboxylic acids is 2. The molecule has 25 heavy (non-hydrogen) atoms. The summed E-state index contributed by atoms with van der Waals surface area (Å²) in [5.74, 6) is -0.391. The van der Waals surface area contributed by atoms with E-state index in [0.29, 0.717) is 5.75 Å². The average molecular weight is 344 g/mol. The molecular weight excluding hydrogens is 323 g/mol. The molecule has 2 aromatic carbocycles. The minimum Gasteiger partial charge on any atom is -0.484 e. The van der Waals surface area contributed by atoms with Gasteiger partial charge in [-0.1, -0.05) is 30.3 Å². The number of hydrogen-bond donors (Lipinski definition) is 1. The Morgan fingerprint density at radius 3 is 2.36 bits per heavy atom. The molecule has 6 heteroatoms. The minimum atomic E-state index is -0.679. The van der Waals surface area contributed by atoms with Crippen molar-refractivity contribution in [1.82, 2.24) is 10.2 Å². The SMILES string of the molecule is CNC(=O)C(C)N(Cc1ccc(F)cc1)C(=O)COc1ccccc1. The van der Waals surface area contributed by atoms with Crippen LogP contribution in [0, 0.1) is 5.82 Å². The van der Waals surface area contributed by atoms with E-state index >= 15 is 0 Å². The molecule has 0 spiro atoms. The number of rotatable bonds is 7. The largest absolute Gasteiger partial charge is 0.484 e. The van der Waals surface area contributed by atoms with Crippen molar-refractivity contribution >= 4 is 11.8 Å². The normalized spacial score (nSPS) is 11.5. The van der Waals surface area contributed by atoms with Gasteiger partial charge in [0.2, 0.25) is 5.91 Å². The summed E-state index contributed by atoms with van der Waals surface area (Å²) in [4.78, 5) is 26.0. The van der Waals surface area contributed by atoms with Crippen molar-refractivity contribution in [2.24, 2.45) is 0 Å². The molecule has 0 aliphatic rings. The molecule has 132 valence electrons. The van der Waals surface area contributed by atoms with E-state index in [1.54, 1.807) is 31.2 Å². The number of nitrogens with one attached hydrogen (secondary N) is 1. The summed E-state index contributed by atoms with van der Waals surface area (Å²) in [6.45, 7) is 1.64. The van der Waals surface area contributed by atoms with Gasteiger partial charge in [-0.05, 0) is 36.8 Å². The zero-order valence-electron chi connectivity index (χ0n) is 14.2. The summed E-state index contributed by atoms with van der Waals surface area (Å²) >= 11 is 0. The summed E-state index contributed by atoms with van der Waals surface area (Å²) < 4.78 is 18.6. The van der Waals surface area contributed by atoms with Crippen LogP contribution in [0.2, 0.25) is 0 Å². The van der Waals surface area contributed by atoms with Gasteiger partial charge < -0.3 is 15.0 Å².